The van der Waals surface area contributed by atoms with E-state index in [9.17, 15) is 0 Å². The summed E-state index contributed by atoms with van der Waals surface area (Å²) in [6, 6.07) is 16.5. The number of nitrogens with zero attached hydrogens (tertiary/aromatic N) is 3. The lowest BCUT2D eigenvalue weighted by molar-refractivity contribution is 0.190. The Bertz CT molecular complexity index is 1010. The van der Waals surface area contributed by atoms with Gasteiger partial charge in [-0.05, 0) is 49.7 Å². The number of nitrogens with one attached hydrogen (secondary N) is 2. The Morgan fingerprint density at radius 3 is 2.61 bits per heavy atom. The van der Waals surface area contributed by atoms with Crippen LogP contribution in [0.3, 0.4) is 0 Å². The SMILES string of the molecule is c1ccc(-c2cn[nH]c2C2CCN(Cc3ccc(-c4ccn[nH]4)o3)CC2)cc1. The summed E-state index contributed by atoms with van der Waals surface area (Å²) in [6.45, 7) is 2.95. The van der Waals surface area contributed by atoms with Crippen molar-refractivity contribution in [3.8, 4) is 22.6 Å². The summed E-state index contributed by atoms with van der Waals surface area (Å²) in [5.41, 5.74) is 4.65. The second-order valence-electron chi connectivity index (χ2n) is 7.35. The van der Waals surface area contributed by atoms with Crippen LogP contribution in [0, 0.1) is 0 Å². The molecule has 0 spiro atoms. The van der Waals surface area contributed by atoms with E-state index < -0.39 is 0 Å². The van der Waals surface area contributed by atoms with Gasteiger partial charge in [-0.25, -0.2) is 0 Å². The Hall–Kier alpha value is -3.12. The maximum absolute atomic E-state index is 5.98. The second-order valence-corrected chi connectivity index (χ2v) is 7.35. The van der Waals surface area contributed by atoms with Crippen molar-refractivity contribution in [1.29, 1.82) is 0 Å². The van der Waals surface area contributed by atoms with Crippen LogP contribution in [-0.4, -0.2) is 38.4 Å². The number of H-pyrrole nitrogens is 2. The highest BCUT2D eigenvalue weighted by atomic mass is 16.3. The molecule has 1 saturated heterocycles. The molecule has 1 aliphatic rings. The molecular formula is C22H23N5O. The van der Waals surface area contributed by atoms with Crippen LogP contribution in [0.1, 0.15) is 30.2 Å². The predicted octanol–water partition coefficient (Wildman–Crippen LogP) is 4.44. The molecule has 142 valence electrons. The summed E-state index contributed by atoms with van der Waals surface area (Å²) in [6.07, 6.45) is 5.94. The molecular weight excluding hydrogens is 350 g/mol. The molecule has 28 heavy (non-hydrogen) atoms. The number of rotatable bonds is 5. The normalized spacial score (nSPS) is 15.9. The Morgan fingerprint density at radius 2 is 1.82 bits per heavy atom. The average Bonchev–Trinajstić information content (AvgIpc) is 3.50. The van der Waals surface area contributed by atoms with Gasteiger partial charge in [-0.1, -0.05) is 30.3 Å². The molecule has 6 heteroatoms. The fraction of sp³-hybridized carbons (Fsp3) is 0.273. The van der Waals surface area contributed by atoms with Gasteiger partial charge in [0, 0.05) is 23.4 Å². The van der Waals surface area contributed by atoms with Crippen LogP contribution in [0.25, 0.3) is 22.6 Å². The third-order valence-electron chi connectivity index (χ3n) is 5.56. The minimum Gasteiger partial charge on any atom is -0.458 e. The molecule has 0 atom stereocenters. The minimum atomic E-state index is 0.520. The van der Waals surface area contributed by atoms with E-state index in [-0.39, 0.29) is 0 Å². The van der Waals surface area contributed by atoms with E-state index in [1.807, 2.05) is 24.4 Å². The van der Waals surface area contributed by atoms with E-state index in [1.165, 1.54) is 16.8 Å². The quantitative estimate of drug-likeness (QED) is 0.542. The van der Waals surface area contributed by atoms with Crippen LogP contribution in [-0.2, 0) is 6.54 Å². The van der Waals surface area contributed by atoms with Gasteiger partial charge in [-0.3, -0.25) is 15.1 Å². The highest BCUT2D eigenvalue weighted by Crippen LogP contribution is 2.34. The van der Waals surface area contributed by atoms with Gasteiger partial charge in [-0.15, -0.1) is 0 Å². The summed E-state index contributed by atoms with van der Waals surface area (Å²) in [5, 5.41) is 14.5. The number of likely N-dealkylation sites (tertiary alicyclic amines) is 1. The zero-order valence-corrected chi connectivity index (χ0v) is 15.6. The molecule has 0 unspecified atom stereocenters. The maximum atomic E-state index is 5.98. The standard InChI is InChI=1S/C22H23N5O/c1-2-4-16(5-3-1)19-14-24-26-22(19)17-9-12-27(13-10-17)15-18-6-7-21(28-18)20-8-11-23-25-20/h1-8,11,14,17H,9-10,12-13,15H2,(H,23,25)(H,24,26). The van der Waals surface area contributed by atoms with E-state index in [1.54, 1.807) is 6.20 Å². The van der Waals surface area contributed by atoms with Gasteiger partial charge in [0.05, 0.1) is 12.7 Å². The van der Waals surface area contributed by atoms with Crippen molar-refractivity contribution in [1.82, 2.24) is 25.3 Å². The summed E-state index contributed by atoms with van der Waals surface area (Å²) in [5.74, 6) is 2.35. The third kappa shape index (κ3) is 3.39. The lowest BCUT2D eigenvalue weighted by atomic mass is 9.89. The molecule has 3 aromatic heterocycles. The third-order valence-corrected chi connectivity index (χ3v) is 5.56. The molecule has 2 N–H and O–H groups in total. The van der Waals surface area contributed by atoms with Gasteiger partial charge < -0.3 is 4.42 Å². The van der Waals surface area contributed by atoms with Gasteiger partial charge >= 0.3 is 0 Å². The lowest BCUT2D eigenvalue weighted by Gasteiger charge is -2.31. The van der Waals surface area contributed by atoms with Crippen molar-refractivity contribution in [3.63, 3.8) is 0 Å². The lowest BCUT2D eigenvalue weighted by Crippen LogP contribution is -2.32. The number of hydrogen-bond acceptors (Lipinski definition) is 4. The molecule has 6 nitrogen and oxygen atoms in total. The van der Waals surface area contributed by atoms with Crippen molar-refractivity contribution in [2.45, 2.75) is 25.3 Å². The van der Waals surface area contributed by atoms with Crippen LogP contribution in [0.5, 0.6) is 0 Å². The predicted molar refractivity (Wildman–Crippen MR) is 108 cm³/mol. The van der Waals surface area contributed by atoms with Crippen LogP contribution < -0.4 is 0 Å². The van der Waals surface area contributed by atoms with E-state index in [0.717, 1.165) is 49.7 Å². The first-order chi connectivity index (χ1) is 13.9. The van der Waals surface area contributed by atoms with Gasteiger partial charge in [0.15, 0.2) is 5.76 Å². The molecule has 0 aliphatic carbocycles. The summed E-state index contributed by atoms with van der Waals surface area (Å²) >= 11 is 0. The fourth-order valence-electron chi connectivity index (χ4n) is 4.06. The monoisotopic (exact) mass is 373 g/mol. The van der Waals surface area contributed by atoms with E-state index in [4.69, 9.17) is 4.42 Å². The molecule has 0 amide bonds. The Morgan fingerprint density at radius 1 is 0.964 bits per heavy atom. The summed E-state index contributed by atoms with van der Waals surface area (Å²) < 4.78 is 5.98. The minimum absolute atomic E-state index is 0.520. The Kier molecular flexibility index (Phi) is 4.54. The number of aromatic nitrogens is 4. The van der Waals surface area contributed by atoms with Crippen LogP contribution in [0.4, 0.5) is 0 Å². The van der Waals surface area contributed by atoms with Gasteiger partial charge in [0.25, 0.3) is 0 Å². The number of piperidine rings is 1. The van der Waals surface area contributed by atoms with Crippen molar-refractivity contribution in [3.05, 3.63) is 72.4 Å². The van der Waals surface area contributed by atoms with Crippen LogP contribution in [0.15, 0.2) is 65.3 Å². The average molecular weight is 373 g/mol. The molecule has 1 fully saturated rings. The molecule has 4 heterocycles. The van der Waals surface area contributed by atoms with E-state index in [0.29, 0.717) is 5.92 Å². The van der Waals surface area contributed by atoms with Gasteiger partial charge in [-0.2, -0.15) is 10.2 Å². The second kappa shape index (κ2) is 7.48. The fourth-order valence-corrected chi connectivity index (χ4v) is 4.06. The van der Waals surface area contributed by atoms with Crippen molar-refractivity contribution < 1.29 is 4.42 Å². The first-order valence-electron chi connectivity index (χ1n) is 9.76. The first kappa shape index (κ1) is 17.0. The van der Waals surface area contributed by atoms with E-state index in [2.05, 4.69) is 55.6 Å². The van der Waals surface area contributed by atoms with Crippen molar-refractivity contribution in [2.24, 2.45) is 0 Å². The Labute approximate surface area is 163 Å². The molecule has 5 rings (SSSR count). The van der Waals surface area contributed by atoms with Crippen LogP contribution in [0.2, 0.25) is 0 Å². The molecule has 1 aliphatic heterocycles. The largest absolute Gasteiger partial charge is 0.458 e. The number of aromatic amines is 2. The van der Waals surface area contributed by atoms with Crippen molar-refractivity contribution in [2.75, 3.05) is 13.1 Å². The van der Waals surface area contributed by atoms with Crippen molar-refractivity contribution >= 4 is 0 Å². The zero-order chi connectivity index (χ0) is 18.8. The number of hydrogen-bond donors (Lipinski definition) is 2. The molecule has 4 aromatic rings. The maximum Gasteiger partial charge on any atom is 0.152 e. The number of benzene rings is 1. The zero-order valence-electron chi connectivity index (χ0n) is 15.6. The molecule has 0 bridgehead atoms. The highest BCUT2D eigenvalue weighted by Gasteiger charge is 2.25. The number of furan rings is 1. The van der Waals surface area contributed by atoms with E-state index >= 15 is 0 Å². The molecule has 0 radical (unpaired) electrons. The Balaban J connectivity index is 1.22. The summed E-state index contributed by atoms with van der Waals surface area (Å²) in [7, 11) is 0. The molecule has 0 saturated carbocycles. The summed E-state index contributed by atoms with van der Waals surface area (Å²) in [4.78, 5) is 2.46. The first-order valence-corrected chi connectivity index (χ1v) is 9.76. The smallest absolute Gasteiger partial charge is 0.152 e. The van der Waals surface area contributed by atoms with Gasteiger partial charge in [0.1, 0.15) is 11.5 Å². The topological polar surface area (TPSA) is 73.7 Å². The van der Waals surface area contributed by atoms with Crippen LogP contribution >= 0.6 is 0 Å². The molecule has 1 aromatic carbocycles. The highest BCUT2D eigenvalue weighted by molar-refractivity contribution is 5.65. The van der Waals surface area contributed by atoms with Gasteiger partial charge in [0.2, 0.25) is 0 Å².